The first-order valence-corrected chi connectivity index (χ1v) is 4.88. The molecule has 9 nitrogen and oxygen atoms in total. The molecule has 1 aliphatic rings. The third-order valence-electron chi connectivity index (χ3n) is 2.26. The van der Waals surface area contributed by atoms with E-state index in [2.05, 4.69) is 25.8 Å². The van der Waals surface area contributed by atoms with Crippen molar-refractivity contribution in [2.75, 3.05) is 5.73 Å². The number of aromatic amines is 1. The molecule has 0 aromatic carbocycles. The van der Waals surface area contributed by atoms with Crippen LogP contribution in [0.1, 0.15) is 23.5 Å². The van der Waals surface area contributed by atoms with Gasteiger partial charge in [0.25, 0.3) is 5.91 Å². The van der Waals surface area contributed by atoms with Gasteiger partial charge in [-0.25, -0.2) is 0 Å². The summed E-state index contributed by atoms with van der Waals surface area (Å²) >= 11 is 0. The molecule has 1 aromatic heterocycles. The number of amides is 3. The third-order valence-corrected chi connectivity index (χ3v) is 2.26. The first kappa shape index (κ1) is 11.0. The molecule has 0 bridgehead atoms. The monoisotopic (exact) mass is 238 g/mol. The normalized spacial score (nSPS) is 19.9. The summed E-state index contributed by atoms with van der Waals surface area (Å²) in [6, 6.07) is -0.744. The molecule has 1 aliphatic heterocycles. The second kappa shape index (κ2) is 4.20. The van der Waals surface area contributed by atoms with Crippen LogP contribution < -0.4 is 16.4 Å². The number of carbonyl (C=O) groups is 3. The number of H-pyrrole nitrogens is 1. The lowest BCUT2D eigenvalue weighted by Crippen LogP contribution is -2.52. The average molecular weight is 238 g/mol. The Balaban J connectivity index is 1.99. The molecule has 9 heteroatoms. The van der Waals surface area contributed by atoms with Gasteiger partial charge in [0.15, 0.2) is 0 Å². The van der Waals surface area contributed by atoms with Gasteiger partial charge in [-0.05, 0) is 6.42 Å². The second-order valence-corrected chi connectivity index (χ2v) is 3.52. The summed E-state index contributed by atoms with van der Waals surface area (Å²) in [5, 5.41) is 10.4. The average Bonchev–Trinajstić information content (AvgIpc) is 2.69. The van der Waals surface area contributed by atoms with Crippen LogP contribution in [0.3, 0.4) is 0 Å². The van der Waals surface area contributed by atoms with Gasteiger partial charge in [0.1, 0.15) is 6.04 Å². The fraction of sp³-hybridized carbons (Fsp3) is 0.375. The Morgan fingerprint density at radius 2 is 2.24 bits per heavy atom. The third kappa shape index (κ3) is 2.38. The Kier molecular flexibility index (Phi) is 2.73. The summed E-state index contributed by atoms with van der Waals surface area (Å²) in [7, 11) is 0. The molecule has 1 saturated heterocycles. The Bertz CT molecular complexity index is 481. The summed E-state index contributed by atoms with van der Waals surface area (Å²) < 4.78 is 0. The summed E-state index contributed by atoms with van der Waals surface area (Å²) in [6.45, 7) is 0. The molecular weight excluding hydrogens is 228 g/mol. The van der Waals surface area contributed by atoms with E-state index in [-0.39, 0.29) is 30.5 Å². The first-order valence-electron chi connectivity index (χ1n) is 4.88. The van der Waals surface area contributed by atoms with Gasteiger partial charge in [0.05, 0.1) is 0 Å². The van der Waals surface area contributed by atoms with Crippen molar-refractivity contribution in [3.8, 4) is 0 Å². The standard InChI is InChI=1S/C8H10N6O3/c9-8-12-5(13-14-8)7(17)10-3-1-2-4(15)11-6(3)16/h3H,1-2H2,(H,10,17)(H,11,15,16)(H3,9,12,13,14). The van der Waals surface area contributed by atoms with Crippen molar-refractivity contribution in [3.05, 3.63) is 5.82 Å². The van der Waals surface area contributed by atoms with Crippen molar-refractivity contribution in [2.24, 2.45) is 0 Å². The molecule has 1 aromatic rings. The summed E-state index contributed by atoms with van der Waals surface area (Å²) in [4.78, 5) is 37.5. The molecule has 2 heterocycles. The number of nitrogen functional groups attached to an aromatic ring is 1. The highest BCUT2D eigenvalue weighted by Gasteiger charge is 2.28. The van der Waals surface area contributed by atoms with Crippen molar-refractivity contribution in [2.45, 2.75) is 18.9 Å². The lowest BCUT2D eigenvalue weighted by atomic mass is 10.1. The SMILES string of the molecule is Nc1n[nH]c(C(=O)NC2CCC(=O)NC2=O)n1. The number of rotatable bonds is 2. The quantitative estimate of drug-likeness (QED) is 0.435. The molecule has 0 aliphatic carbocycles. The Morgan fingerprint density at radius 1 is 1.47 bits per heavy atom. The van der Waals surface area contributed by atoms with Gasteiger partial charge in [-0.15, -0.1) is 5.10 Å². The zero-order chi connectivity index (χ0) is 12.4. The van der Waals surface area contributed by atoms with Crippen LogP contribution in [0.25, 0.3) is 0 Å². The predicted octanol–water partition coefficient (Wildman–Crippen LogP) is -2.08. The molecule has 0 radical (unpaired) electrons. The molecule has 1 unspecified atom stereocenters. The minimum atomic E-state index is -0.744. The maximum atomic E-state index is 11.6. The van der Waals surface area contributed by atoms with Crippen LogP contribution in [0, 0.1) is 0 Å². The van der Waals surface area contributed by atoms with Gasteiger partial charge < -0.3 is 11.1 Å². The van der Waals surface area contributed by atoms with Gasteiger partial charge in [0.2, 0.25) is 23.6 Å². The second-order valence-electron chi connectivity index (χ2n) is 3.52. The minimum absolute atomic E-state index is 0.0570. The number of imide groups is 1. The predicted molar refractivity (Wildman–Crippen MR) is 54.4 cm³/mol. The highest BCUT2D eigenvalue weighted by molar-refractivity contribution is 6.03. The van der Waals surface area contributed by atoms with Crippen LogP contribution in [0.5, 0.6) is 0 Å². The molecule has 1 atom stereocenters. The number of nitrogens with one attached hydrogen (secondary N) is 3. The fourth-order valence-corrected chi connectivity index (χ4v) is 1.43. The van der Waals surface area contributed by atoms with Crippen LogP contribution in [0.15, 0.2) is 0 Å². The van der Waals surface area contributed by atoms with Gasteiger partial charge in [-0.3, -0.25) is 24.8 Å². The lowest BCUT2D eigenvalue weighted by Gasteiger charge is -2.21. The zero-order valence-corrected chi connectivity index (χ0v) is 8.69. The topological polar surface area (TPSA) is 143 Å². The largest absolute Gasteiger partial charge is 0.366 e. The van der Waals surface area contributed by atoms with E-state index in [4.69, 9.17) is 5.73 Å². The number of nitrogens with zero attached hydrogens (tertiary/aromatic N) is 2. The number of hydrogen-bond donors (Lipinski definition) is 4. The van der Waals surface area contributed by atoms with E-state index < -0.39 is 17.9 Å². The number of carbonyl (C=O) groups excluding carboxylic acids is 3. The molecule has 17 heavy (non-hydrogen) atoms. The Labute approximate surface area is 95.2 Å². The van der Waals surface area contributed by atoms with Crippen molar-refractivity contribution in [1.29, 1.82) is 0 Å². The molecule has 90 valence electrons. The van der Waals surface area contributed by atoms with Gasteiger partial charge in [-0.2, -0.15) is 4.98 Å². The number of hydrogen-bond acceptors (Lipinski definition) is 6. The lowest BCUT2D eigenvalue weighted by molar-refractivity contribution is -0.134. The van der Waals surface area contributed by atoms with E-state index in [1.165, 1.54) is 0 Å². The van der Waals surface area contributed by atoms with Gasteiger partial charge in [-0.1, -0.05) is 0 Å². The van der Waals surface area contributed by atoms with E-state index in [0.29, 0.717) is 0 Å². The fourth-order valence-electron chi connectivity index (χ4n) is 1.43. The van der Waals surface area contributed by atoms with Crippen molar-refractivity contribution in [3.63, 3.8) is 0 Å². The molecule has 1 fully saturated rings. The highest BCUT2D eigenvalue weighted by Crippen LogP contribution is 2.05. The smallest absolute Gasteiger partial charge is 0.289 e. The molecule has 0 spiro atoms. The summed E-state index contributed by atoms with van der Waals surface area (Å²) in [5.74, 6) is -1.60. The highest BCUT2D eigenvalue weighted by atomic mass is 16.2. The Morgan fingerprint density at radius 3 is 2.82 bits per heavy atom. The van der Waals surface area contributed by atoms with E-state index in [0.717, 1.165) is 0 Å². The van der Waals surface area contributed by atoms with Crippen LogP contribution in [-0.2, 0) is 9.59 Å². The van der Waals surface area contributed by atoms with Crippen LogP contribution >= 0.6 is 0 Å². The molecule has 2 rings (SSSR count). The van der Waals surface area contributed by atoms with E-state index >= 15 is 0 Å². The Hall–Kier alpha value is -2.45. The number of anilines is 1. The van der Waals surface area contributed by atoms with E-state index in [9.17, 15) is 14.4 Å². The molecule has 0 saturated carbocycles. The minimum Gasteiger partial charge on any atom is -0.366 e. The first-order chi connectivity index (χ1) is 8.06. The van der Waals surface area contributed by atoms with Crippen molar-refractivity contribution < 1.29 is 14.4 Å². The van der Waals surface area contributed by atoms with Crippen molar-refractivity contribution in [1.82, 2.24) is 25.8 Å². The van der Waals surface area contributed by atoms with Crippen LogP contribution in [0.4, 0.5) is 5.95 Å². The van der Waals surface area contributed by atoms with Gasteiger partial charge >= 0.3 is 0 Å². The maximum Gasteiger partial charge on any atom is 0.289 e. The van der Waals surface area contributed by atoms with Gasteiger partial charge in [0, 0.05) is 6.42 Å². The van der Waals surface area contributed by atoms with Crippen LogP contribution in [-0.4, -0.2) is 38.9 Å². The summed E-state index contributed by atoms with van der Waals surface area (Å²) in [6.07, 6.45) is 0.454. The molecule has 5 N–H and O–H groups in total. The number of piperidine rings is 1. The zero-order valence-electron chi connectivity index (χ0n) is 8.69. The van der Waals surface area contributed by atoms with E-state index in [1.54, 1.807) is 0 Å². The molecule has 3 amide bonds. The molecular formula is C8H10N6O3. The van der Waals surface area contributed by atoms with E-state index in [1.807, 2.05) is 0 Å². The van der Waals surface area contributed by atoms with Crippen molar-refractivity contribution >= 4 is 23.7 Å². The number of nitrogens with two attached hydrogens (primary N) is 1. The van der Waals surface area contributed by atoms with Crippen LogP contribution in [0.2, 0.25) is 0 Å². The maximum absolute atomic E-state index is 11.6. The number of aromatic nitrogens is 3. The summed E-state index contributed by atoms with van der Waals surface area (Å²) in [5.41, 5.74) is 5.24.